The van der Waals surface area contributed by atoms with Crippen molar-refractivity contribution in [3.8, 4) is 5.75 Å². The molecule has 0 fully saturated rings. The fourth-order valence-corrected chi connectivity index (χ4v) is 3.57. The molecule has 10 N–H and O–H groups in total. The van der Waals surface area contributed by atoms with Crippen molar-refractivity contribution < 1.29 is 39.3 Å². The van der Waals surface area contributed by atoms with Gasteiger partial charge in [-0.1, -0.05) is 32.4 Å². The Labute approximate surface area is 221 Å². The first-order valence-corrected chi connectivity index (χ1v) is 12.4. The van der Waals surface area contributed by atoms with Gasteiger partial charge in [0.2, 0.25) is 17.7 Å². The van der Waals surface area contributed by atoms with Gasteiger partial charge in [-0.2, -0.15) is 0 Å². The van der Waals surface area contributed by atoms with Gasteiger partial charge in [0.1, 0.15) is 23.9 Å². The molecule has 0 aliphatic carbocycles. The lowest BCUT2D eigenvalue weighted by Gasteiger charge is -2.27. The minimum absolute atomic E-state index is 0.00980. The summed E-state index contributed by atoms with van der Waals surface area (Å²) in [5.74, 6) is -5.15. The molecule has 0 aliphatic rings. The summed E-state index contributed by atoms with van der Waals surface area (Å²) in [5, 5.41) is 35.5. The summed E-state index contributed by atoms with van der Waals surface area (Å²) >= 11 is 0. The Balaban J connectivity index is 2.98. The number of benzene rings is 1. The molecule has 4 atom stereocenters. The van der Waals surface area contributed by atoms with E-state index in [2.05, 4.69) is 16.0 Å². The predicted molar refractivity (Wildman–Crippen MR) is 138 cm³/mol. The van der Waals surface area contributed by atoms with E-state index in [-0.39, 0.29) is 18.6 Å². The first-order valence-electron chi connectivity index (χ1n) is 12.4. The number of carbonyl (C=O) groups excluding carboxylic acids is 3. The number of carbonyl (C=O) groups is 5. The molecule has 0 spiro atoms. The summed E-state index contributed by atoms with van der Waals surface area (Å²) in [7, 11) is 0. The third kappa shape index (κ3) is 11.6. The van der Waals surface area contributed by atoms with E-state index in [1.807, 2.05) is 0 Å². The van der Waals surface area contributed by atoms with Crippen LogP contribution < -0.4 is 27.4 Å². The van der Waals surface area contributed by atoms with E-state index in [0.29, 0.717) is 31.4 Å². The Hall–Kier alpha value is -3.71. The third-order valence-corrected chi connectivity index (χ3v) is 5.82. The highest BCUT2D eigenvalue weighted by Crippen LogP contribution is 2.12. The van der Waals surface area contributed by atoms with Crippen molar-refractivity contribution in [2.45, 2.75) is 76.5 Å². The molecule has 1 aromatic carbocycles. The SMILES string of the molecule is CC(C)C(NC(=O)C(N)CCCCN)C(=O)NC(CCC(=O)O)C(=O)NC(Cc1ccc(O)cc1)C(=O)O. The van der Waals surface area contributed by atoms with Gasteiger partial charge in [-0.3, -0.25) is 19.2 Å². The highest BCUT2D eigenvalue weighted by molar-refractivity contribution is 5.94. The number of carboxylic acids is 2. The summed E-state index contributed by atoms with van der Waals surface area (Å²) in [6.07, 6.45) is 0.800. The van der Waals surface area contributed by atoms with E-state index in [1.54, 1.807) is 13.8 Å². The van der Waals surface area contributed by atoms with E-state index >= 15 is 0 Å². The zero-order chi connectivity index (χ0) is 28.8. The summed E-state index contributed by atoms with van der Waals surface area (Å²) in [6.45, 7) is 3.81. The van der Waals surface area contributed by atoms with Crippen molar-refractivity contribution in [1.29, 1.82) is 0 Å². The minimum Gasteiger partial charge on any atom is -0.508 e. The lowest BCUT2D eigenvalue weighted by atomic mass is 10.0. The van der Waals surface area contributed by atoms with Crippen LogP contribution in [0.15, 0.2) is 24.3 Å². The number of hydrogen-bond donors (Lipinski definition) is 8. The molecule has 0 saturated carbocycles. The maximum absolute atomic E-state index is 13.1. The van der Waals surface area contributed by atoms with Gasteiger partial charge in [0.15, 0.2) is 0 Å². The second-order valence-electron chi connectivity index (χ2n) is 9.38. The summed E-state index contributed by atoms with van der Waals surface area (Å²) in [6, 6.07) is 1.04. The lowest BCUT2D eigenvalue weighted by Crippen LogP contribution is -2.58. The fraction of sp³-hybridized carbons (Fsp3) is 0.560. The number of rotatable bonds is 17. The molecule has 38 heavy (non-hydrogen) atoms. The largest absolute Gasteiger partial charge is 0.508 e. The number of aromatic hydroxyl groups is 1. The van der Waals surface area contributed by atoms with Crippen LogP contribution in [0.5, 0.6) is 5.75 Å². The van der Waals surface area contributed by atoms with Crippen molar-refractivity contribution in [3.05, 3.63) is 29.8 Å². The van der Waals surface area contributed by atoms with E-state index < -0.39 is 66.2 Å². The van der Waals surface area contributed by atoms with Gasteiger partial charge < -0.3 is 42.7 Å². The molecule has 0 aliphatic heterocycles. The standard InChI is InChI=1S/C25H39N5O8/c1-14(2)21(30-22(34)17(27)5-3-4-12-26)24(36)28-18(10-11-20(32)33)23(35)29-19(25(37)38)13-15-6-8-16(31)9-7-15/h6-9,14,17-19,21,31H,3-5,10-13,26-27H2,1-2H3,(H,28,36)(H,29,35)(H,30,34)(H,32,33)(H,37,38). The van der Waals surface area contributed by atoms with E-state index in [4.69, 9.17) is 16.6 Å². The van der Waals surface area contributed by atoms with Crippen LogP contribution in [0.4, 0.5) is 0 Å². The number of phenols is 1. The molecule has 3 amide bonds. The zero-order valence-electron chi connectivity index (χ0n) is 21.7. The van der Waals surface area contributed by atoms with Crippen LogP contribution in [-0.2, 0) is 30.4 Å². The number of unbranched alkanes of at least 4 members (excludes halogenated alkanes) is 1. The number of nitrogens with one attached hydrogen (secondary N) is 3. The summed E-state index contributed by atoms with van der Waals surface area (Å²) in [5.41, 5.74) is 11.9. The minimum atomic E-state index is -1.39. The maximum Gasteiger partial charge on any atom is 0.326 e. The molecule has 0 heterocycles. The Morgan fingerprint density at radius 1 is 0.842 bits per heavy atom. The second-order valence-corrected chi connectivity index (χ2v) is 9.38. The van der Waals surface area contributed by atoms with E-state index in [9.17, 15) is 34.2 Å². The van der Waals surface area contributed by atoms with Crippen LogP contribution in [0.1, 0.15) is 51.5 Å². The number of carboxylic acid groups (broad SMARTS) is 2. The van der Waals surface area contributed by atoms with Crippen molar-refractivity contribution in [3.63, 3.8) is 0 Å². The Morgan fingerprint density at radius 3 is 1.97 bits per heavy atom. The van der Waals surface area contributed by atoms with E-state index in [0.717, 1.165) is 0 Å². The quantitative estimate of drug-likeness (QED) is 0.118. The molecule has 1 rings (SSSR count). The van der Waals surface area contributed by atoms with Crippen molar-refractivity contribution >= 4 is 29.7 Å². The topological polar surface area (TPSA) is 234 Å². The van der Waals surface area contributed by atoms with E-state index in [1.165, 1.54) is 24.3 Å². The van der Waals surface area contributed by atoms with Gasteiger partial charge in [0, 0.05) is 12.8 Å². The highest BCUT2D eigenvalue weighted by atomic mass is 16.4. The predicted octanol–water partition coefficient (Wildman–Crippen LogP) is -0.549. The molecule has 212 valence electrons. The summed E-state index contributed by atoms with van der Waals surface area (Å²) in [4.78, 5) is 61.5. The highest BCUT2D eigenvalue weighted by Gasteiger charge is 2.32. The molecule has 4 unspecified atom stereocenters. The smallest absolute Gasteiger partial charge is 0.326 e. The average Bonchev–Trinajstić information content (AvgIpc) is 2.85. The van der Waals surface area contributed by atoms with Crippen LogP contribution >= 0.6 is 0 Å². The average molecular weight is 538 g/mol. The Kier molecular flexibility index (Phi) is 13.8. The van der Waals surface area contributed by atoms with Crippen molar-refractivity contribution in [2.75, 3.05) is 6.54 Å². The first-order chi connectivity index (χ1) is 17.8. The van der Waals surface area contributed by atoms with Gasteiger partial charge in [0.05, 0.1) is 6.04 Å². The number of phenolic OH excluding ortho intramolecular Hbond substituents is 1. The van der Waals surface area contributed by atoms with Crippen molar-refractivity contribution in [1.82, 2.24) is 16.0 Å². The van der Waals surface area contributed by atoms with Crippen LogP contribution in [0.2, 0.25) is 0 Å². The van der Waals surface area contributed by atoms with Crippen molar-refractivity contribution in [2.24, 2.45) is 17.4 Å². The molecule has 0 saturated heterocycles. The van der Waals surface area contributed by atoms with Crippen LogP contribution in [-0.4, -0.2) is 75.7 Å². The number of nitrogens with two attached hydrogens (primary N) is 2. The normalized spacial score (nSPS) is 14.1. The summed E-state index contributed by atoms with van der Waals surface area (Å²) < 4.78 is 0. The Morgan fingerprint density at radius 2 is 1.45 bits per heavy atom. The third-order valence-electron chi connectivity index (χ3n) is 5.82. The molecule has 0 radical (unpaired) electrons. The molecule has 0 bridgehead atoms. The first kappa shape index (κ1) is 32.3. The number of amides is 3. The van der Waals surface area contributed by atoms with Gasteiger partial charge >= 0.3 is 11.9 Å². The van der Waals surface area contributed by atoms with Gasteiger partial charge in [-0.15, -0.1) is 0 Å². The molecule has 13 nitrogen and oxygen atoms in total. The molecular weight excluding hydrogens is 498 g/mol. The molecule has 13 heteroatoms. The van der Waals surface area contributed by atoms with Crippen LogP contribution in [0.25, 0.3) is 0 Å². The molecule has 1 aromatic rings. The molecule has 0 aromatic heterocycles. The number of aliphatic carboxylic acids is 2. The number of hydrogen-bond acceptors (Lipinski definition) is 8. The van der Waals surface area contributed by atoms with Gasteiger partial charge in [-0.25, -0.2) is 4.79 Å². The molecular formula is C25H39N5O8. The zero-order valence-corrected chi connectivity index (χ0v) is 21.7. The van der Waals surface area contributed by atoms with Crippen LogP contribution in [0.3, 0.4) is 0 Å². The lowest BCUT2D eigenvalue weighted by molar-refractivity contribution is -0.143. The maximum atomic E-state index is 13.1. The fourth-order valence-electron chi connectivity index (χ4n) is 3.57. The van der Waals surface area contributed by atoms with Gasteiger partial charge in [0.25, 0.3) is 0 Å². The second kappa shape index (κ2) is 16.2. The Bertz CT molecular complexity index is 954. The van der Waals surface area contributed by atoms with Crippen LogP contribution in [0, 0.1) is 5.92 Å². The van der Waals surface area contributed by atoms with Gasteiger partial charge in [-0.05, 0) is 49.4 Å². The monoisotopic (exact) mass is 537 g/mol.